The summed E-state index contributed by atoms with van der Waals surface area (Å²) in [4.78, 5) is 38.9. The molecule has 7 heteroatoms. The third-order valence-corrected chi connectivity index (χ3v) is 4.97. The molecular weight excluding hydrogens is 358 g/mol. The highest BCUT2D eigenvalue weighted by Crippen LogP contribution is 2.33. The fourth-order valence-electron chi connectivity index (χ4n) is 3.38. The maximum atomic E-state index is 12.7. The molecule has 1 atom stereocenters. The Labute approximate surface area is 165 Å². The number of carbonyl (C=O) groups excluding carboxylic acids is 3. The minimum absolute atomic E-state index is 0.0105. The minimum Gasteiger partial charge on any atom is -0.463 e. The van der Waals surface area contributed by atoms with Gasteiger partial charge in [0, 0.05) is 23.8 Å². The molecule has 150 valence electrons. The summed E-state index contributed by atoms with van der Waals surface area (Å²) in [7, 11) is 0. The van der Waals surface area contributed by atoms with Gasteiger partial charge in [-0.25, -0.2) is 9.59 Å². The van der Waals surface area contributed by atoms with Crippen LogP contribution in [-0.2, 0) is 14.3 Å². The number of ether oxygens (including phenoxy) is 1. The first kappa shape index (κ1) is 19.9. The zero-order chi connectivity index (χ0) is 20.3. The quantitative estimate of drug-likeness (QED) is 0.705. The van der Waals surface area contributed by atoms with Crippen LogP contribution in [0.15, 0.2) is 35.5 Å². The summed E-state index contributed by atoms with van der Waals surface area (Å²) in [5, 5.41) is 5.83. The average molecular weight is 385 g/mol. The van der Waals surface area contributed by atoms with Crippen molar-refractivity contribution < 1.29 is 19.1 Å². The number of hydrogen-bond donors (Lipinski definition) is 2. The van der Waals surface area contributed by atoms with E-state index in [2.05, 4.69) is 10.6 Å². The molecule has 0 saturated heterocycles. The molecule has 2 aliphatic rings. The molecule has 0 spiro atoms. The molecule has 0 radical (unpaired) electrons. The Hall–Kier alpha value is -2.83. The summed E-state index contributed by atoms with van der Waals surface area (Å²) in [6.07, 6.45) is 2.62. The molecule has 1 heterocycles. The highest BCUT2D eigenvalue weighted by molar-refractivity contribution is 5.96. The van der Waals surface area contributed by atoms with Crippen LogP contribution in [0.25, 0.3) is 0 Å². The first-order chi connectivity index (χ1) is 13.5. The van der Waals surface area contributed by atoms with Crippen molar-refractivity contribution in [3.05, 3.63) is 41.1 Å². The summed E-state index contributed by atoms with van der Waals surface area (Å²) in [6.45, 7) is 6.27. The predicted molar refractivity (Wildman–Crippen MR) is 105 cm³/mol. The first-order valence-electron chi connectivity index (χ1n) is 9.83. The highest BCUT2D eigenvalue weighted by Gasteiger charge is 2.36. The van der Waals surface area contributed by atoms with Crippen LogP contribution >= 0.6 is 0 Å². The van der Waals surface area contributed by atoms with Crippen molar-refractivity contribution in [1.29, 1.82) is 0 Å². The molecular formula is C21H27N3O4. The lowest BCUT2D eigenvalue weighted by molar-refractivity contribution is -0.139. The van der Waals surface area contributed by atoms with E-state index in [1.807, 2.05) is 13.0 Å². The number of allylic oxidation sites excluding steroid dienone is 1. The summed E-state index contributed by atoms with van der Waals surface area (Å²) in [5.41, 5.74) is 2.39. The fourth-order valence-corrected chi connectivity index (χ4v) is 3.38. The Morgan fingerprint density at radius 2 is 2.04 bits per heavy atom. The number of rotatable bonds is 7. The van der Waals surface area contributed by atoms with Crippen molar-refractivity contribution in [3.63, 3.8) is 0 Å². The second kappa shape index (κ2) is 8.46. The van der Waals surface area contributed by atoms with Gasteiger partial charge >= 0.3 is 12.0 Å². The fraction of sp³-hybridized carbons (Fsp3) is 0.476. The van der Waals surface area contributed by atoms with E-state index < -0.39 is 12.0 Å². The van der Waals surface area contributed by atoms with Crippen LogP contribution in [0.3, 0.4) is 0 Å². The van der Waals surface area contributed by atoms with Gasteiger partial charge in [-0.05, 0) is 50.8 Å². The maximum absolute atomic E-state index is 12.7. The number of carbonyl (C=O) groups is 3. The summed E-state index contributed by atoms with van der Waals surface area (Å²) in [5.74, 6) is -0.340. The number of amides is 3. The first-order valence-corrected chi connectivity index (χ1v) is 9.83. The molecule has 1 fully saturated rings. The Kier molecular flexibility index (Phi) is 6.02. The van der Waals surface area contributed by atoms with Gasteiger partial charge in [-0.1, -0.05) is 19.1 Å². The topological polar surface area (TPSA) is 87.7 Å². The normalized spacial score (nSPS) is 19.3. The van der Waals surface area contributed by atoms with E-state index in [-0.39, 0.29) is 24.5 Å². The van der Waals surface area contributed by atoms with Crippen molar-refractivity contribution >= 4 is 23.6 Å². The van der Waals surface area contributed by atoms with Crippen molar-refractivity contribution in [2.24, 2.45) is 5.92 Å². The van der Waals surface area contributed by atoms with E-state index in [1.54, 1.807) is 36.9 Å². The second-order valence-corrected chi connectivity index (χ2v) is 7.14. The zero-order valence-corrected chi connectivity index (χ0v) is 16.6. The van der Waals surface area contributed by atoms with Crippen LogP contribution in [0, 0.1) is 5.92 Å². The van der Waals surface area contributed by atoms with Crippen LogP contribution in [0.2, 0.25) is 0 Å². The lowest BCUT2D eigenvalue weighted by Gasteiger charge is -2.35. The molecule has 1 aromatic carbocycles. The standard InChI is InChI=1S/C21H27N3O4/c1-4-11-24-13(3)17(20(26)28-5-2)18(23-21(24)27)15-7-6-8-16(12-15)22-19(25)14-9-10-14/h6-8,12,14,18H,4-5,9-11H2,1-3H3,(H,22,25)(H,23,27). The smallest absolute Gasteiger partial charge is 0.338 e. The molecule has 7 nitrogen and oxygen atoms in total. The predicted octanol–water partition coefficient (Wildman–Crippen LogP) is 3.35. The monoisotopic (exact) mass is 385 g/mol. The van der Waals surface area contributed by atoms with Gasteiger partial charge in [0.25, 0.3) is 0 Å². The number of esters is 1. The Bertz CT molecular complexity index is 814. The lowest BCUT2D eigenvalue weighted by Crippen LogP contribution is -2.48. The van der Waals surface area contributed by atoms with Gasteiger partial charge in [0.15, 0.2) is 0 Å². The molecule has 3 amide bonds. The number of hydrogen-bond acceptors (Lipinski definition) is 4. The van der Waals surface area contributed by atoms with Crippen molar-refractivity contribution in [2.45, 2.75) is 46.1 Å². The SMILES string of the molecule is CCCN1C(=O)NC(c2cccc(NC(=O)C3CC3)c2)C(C(=O)OCC)=C1C. The van der Waals surface area contributed by atoms with Gasteiger partial charge < -0.3 is 15.4 Å². The van der Waals surface area contributed by atoms with E-state index >= 15 is 0 Å². The van der Waals surface area contributed by atoms with Crippen LogP contribution < -0.4 is 10.6 Å². The van der Waals surface area contributed by atoms with E-state index in [9.17, 15) is 14.4 Å². The lowest BCUT2D eigenvalue weighted by atomic mass is 9.94. The van der Waals surface area contributed by atoms with Crippen molar-refractivity contribution in [2.75, 3.05) is 18.5 Å². The summed E-state index contributed by atoms with van der Waals surface area (Å²) >= 11 is 0. The molecule has 1 aliphatic heterocycles. The molecule has 1 saturated carbocycles. The third-order valence-electron chi connectivity index (χ3n) is 4.97. The number of nitrogens with zero attached hydrogens (tertiary/aromatic N) is 1. The zero-order valence-electron chi connectivity index (χ0n) is 16.6. The minimum atomic E-state index is -0.627. The molecule has 28 heavy (non-hydrogen) atoms. The number of anilines is 1. The Morgan fingerprint density at radius 1 is 1.29 bits per heavy atom. The second-order valence-electron chi connectivity index (χ2n) is 7.14. The van der Waals surface area contributed by atoms with Crippen LogP contribution in [0.1, 0.15) is 51.6 Å². The largest absolute Gasteiger partial charge is 0.463 e. The van der Waals surface area contributed by atoms with Crippen LogP contribution in [0.4, 0.5) is 10.5 Å². The summed E-state index contributed by atoms with van der Waals surface area (Å²) in [6, 6.07) is 6.37. The van der Waals surface area contributed by atoms with Crippen LogP contribution in [-0.4, -0.2) is 36.0 Å². The van der Waals surface area contributed by atoms with Gasteiger partial charge in [0.05, 0.1) is 18.2 Å². The Morgan fingerprint density at radius 3 is 2.68 bits per heavy atom. The van der Waals surface area contributed by atoms with E-state index in [1.165, 1.54) is 0 Å². The van der Waals surface area contributed by atoms with Gasteiger partial charge in [-0.15, -0.1) is 0 Å². The molecule has 3 rings (SSSR count). The van der Waals surface area contributed by atoms with Gasteiger partial charge in [0.2, 0.25) is 5.91 Å². The van der Waals surface area contributed by atoms with E-state index in [0.717, 1.165) is 24.8 Å². The van der Waals surface area contributed by atoms with Gasteiger partial charge in [0.1, 0.15) is 0 Å². The molecule has 0 aromatic heterocycles. The van der Waals surface area contributed by atoms with Gasteiger partial charge in [-0.3, -0.25) is 9.69 Å². The number of urea groups is 1. The van der Waals surface area contributed by atoms with E-state index in [4.69, 9.17) is 4.74 Å². The highest BCUT2D eigenvalue weighted by atomic mass is 16.5. The maximum Gasteiger partial charge on any atom is 0.338 e. The van der Waals surface area contributed by atoms with E-state index in [0.29, 0.717) is 23.5 Å². The third kappa shape index (κ3) is 4.18. The number of benzene rings is 1. The molecule has 0 bridgehead atoms. The van der Waals surface area contributed by atoms with Crippen LogP contribution in [0.5, 0.6) is 0 Å². The van der Waals surface area contributed by atoms with Gasteiger partial charge in [-0.2, -0.15) is 0 Å². The molecule has 1 aromatic rings. The Balaban J connectivity index is 1.94. The molecule has 1 aliphatic carbocycles. The van der Waals surface area contributed by atoms with Crippen molar-refractivity contribution in [3.8, 4) is 0 Å². The molecule has 2 N–H and O–H groups in total. The number of nitrogens with one attached hydrogen (secondary N) is 2. The summed E-state index contributed by atoms with van der Waals surface area (Å²) < 4.78 is 5.26. The average Bonchev–Trinajstić information content (AvgIpc) is 3.50. The molecule has 1 unspecified atom stereocenters. The van der Waals surface area contributed by atoms with Crippen molar-refractivity contribution in [1.82, 2.24) is 10.2 Å².